The summed E-state index contributed by atoms with van der Waals surface area (Å²) in [5.41, 5.74) is 1.54. The molecule has 7 heteroatoms. The first-order valence-corrected chi connectivity index (χ1v) is 10.5. The Morgan fingerprint density at radius 1 is 1.04 bits per heavy atom. The quantitative estimate of drug-likeness (QED) is 0.762. The summed E-state index contributed by atoms with van der Waals surface area (Å²) in [6, 6.07) is 16.0. The highest BCUT2D eigenvalue weighted by atomic mass is 32.2. The van der Waals surface area contributed by atoms with E-state index in [1.54, 1.807) is 17.0 Å². The van der Waals surface area contributed by atoms with E-state index < -0.39 is 10.0 Å². The molecule has 0 radical (unpaired) electrons. The lowest BCUT2D eigenvalue weighted by Crippen LogP contribution is -2.40. The van der Waals surface area contributed by atoms with Crippen molar-refractivity contribution in [3.8, 4) is 0 Å². The van der Waals surface area contributed by atoms with Crippen LogP contribution in [0.4, 0.5) is 0 Å². The summed E-state index contributed by atoms with van der Waals surface area (Å²) in [5, 5.41) is 0. The van der Waals surface area contributed by atoms with Crippen molar-refractivity contribution in [2.45, 2.75) is 18.4 Å². The van der Waals surface area contributed by atoms with E-state index in [1.165, 1.54) is 16.4 Å². The van der Waals surface area contributed by atoms with Crippen molar-refractivity contribution in [2.75, 3.05) is 32.8 Å². The summed E-state index contributed by atoms with van der Waals surface area (Å²) >= 11 is 0. The highest BCUT2D eigenvalue weighted by molar-refractivity contribution is 7.89. The third-order valence-corrected chi connectivity index (χ3v) is 6.51. The molecule has 1 aliphatic rings. The molecule has 6 nitrogen and oxygen atoms in total. The maximum absolute atomic E-state index is 12.8. The lowest BCUT2D eigenvalue weighted by molar-refractivity contribution is 0.0730. The fourth-order valence-corrected chi connectivity index (χ4v) is 4.43. The van der Waals surface area contributed by atoms with Crippen LogP contribution in [0.25, 0.3) is 0 Å². The van der Waals surface area contributed by atoms with E-state index in [0.717, 1.165) is 5.56 Å². The fraction of sp³-hybridized carbons (Fsp3) is 0.350. The van der Waals surface area contributed by atoms with E-state index in [9.17, 15) is 13.2 Å². The topological polar surface area (TPSA) is 66.9 Å². The Hall–Kier alpha value is -2.22. The smallest absolute Gasteiger partial charge is 0.254 e. The normalized spacial score (nSPS) is 15.4. The average molecular weight is 388 g/mol. The molecule has 144 valence electrons. The lowest BCUT2D eigenvalue weighted by atomic mass is 10.1. The summed E-state index contributed by atoms with van der Waals surface area (Å²) in [6.07, 6.45) is 0. The summed E-state index contributed by atoms with van der Waals surface area (Å²) in [7, 11) is -3.55. The van der Waals surface area contributed by atoms with Crippen LogP contribution < -0.4 is 0 Å². The van der Waals surface area contributed by atoms with Crippen molar-refractivity contribution in [1.82, 2.24) is 9.21 Å². The zero-order valence-corrected chi connectivity index (χ0v) is 16.2. The predicted octanol–water partition coefficient (Wildman–Crippen LogP) is 2.37. The number of benzene rings is 2. The Labute approximate surface area is 160 Å². The first-order valence-electron chi connectivity index (χ1n) is 9.03. The highest BCUT2D eigenvalue weighted by Crippen LogP contribution is 2.19. The minimum Gasteiger partial charge on any atom is -0.379 e. The molecule has 1 amide bonds. The number of carbonyl (C=O) groups excluding carboxylic acids is 1. The Morgan fingerprint density at radius 2 is 1.67 bits per heavy atom. The van der Waals surface area contributed by atoms with Crippen LogP contribution in [0.15, 0.2) is 59.5 Å². The van der Waals surface area contributed by atoms with E-state index in [2.05, 4.69) is 0 Å². The summed E-state index contributed by atoms with van der Waals surface area (Å²) in [5.74, 6) is -0.114. The molecule has 1 saturated heterocycles. The number of nitrogens with zero attached hydrogens (tertiary/aromatic N) is 2. The molecule has 0 aliphatic carbocycles. The maximum atomic E-state index is 12.8. The van der Waals surface area contributed by atoms with Crippen LogP contribution in [-0.4, -0.2) is 56.4 Å². The number of carbonyl (C=O) groups is 1. The highest BCUT2D eigenvalue weighted by Gasteiger charge is 2.26. The third-order valence-electron chi connectivity index (χ3n) is 4.59. The van der Waals surface area contributed by atoms with Crippen LogP contribution >= 0.6 is 0 Å². The van der Waals surface area contributed by atoms with E-state index in [-0.39, 0.29) is 10.8 Å². The largest absolute Gasteiger partial charge is 0.379 e. The third kappa shape index (κ3) is 4.55. The molecular weight excluding hydrogens is 364 g/mol. The second-order valence-electron chi connectivity index (χ2n) is 6.35. The molecular formula is C20H24N2O4S. The van der Waals surface area contributed by atoms with Gasteiger partial charge in [-0.3, -0.25) is 4.79 Å². The molecule has 1 aliphatic heterocycles. The number of rotatable bonds is 6. The fourth-order valence-electron chi connectivity index (χ4n) is 3.02. The second kappa shape index (κ2) is 8.65. The molecule has 0 atom stereocenters. The first kappa shape index (κ1) is 19.5. The van der Waals surface area contributed by atoms with Gasteiger partial charge in [0.15, 0.2) is 0 Å². The van der Waals surface area contributed by atoms with Gasteiger partial charge in [-0.1, -0.05) is 30.3 Å². The van der Waals surface area contributed by atoms with Gasteiger partial charge in [0.1, 0.15) is 0 Å². The molecule has 0 spiro atoms. The van der Waals surface area contributed by atoms with Gasteiger partial charge in [0.2, 0.25) is 10.0 Å². The first-order chi connectivity index (χ1) is 13.0. The standard InChI is InChI=1S/C20H24N2O4S/c1-2-21(16-17-6-4-3-5-7-17)20(23)18-8-10-19(11-9-18)27(24,25)22-12-14-26-15-13-22/h3-11H,2,12-16H2,1H3. The van der Waals surface area contributed by atoms with Crippen LogP contribution in [0.5, 0.6) is 0 Å². The van der Waals surface area contributed by atoms with Gasteiger partial charge in [-0.2, -0.15) is 4.31 Å². The Balaban J connectivity index is 1.74. The van der Waals surface area contributed by atoms with Gasteiger partial charge in [-0.05, 0) is 36.8 Å². The number of sulfonamides is 1. The zero-order chi connectivity index (χ0) is 19.3. The average Bonchev–Trinajstić information content (AvgIpc) is 2.73. The molecule has 1 heterocycles. The molecule has 0 N–H and O–H groups in total. The Kier molecular flexibility index (Phi) is 6.26. The molecule has 0 aromatic heterocycles. The molecule has 0 saturated carbocycles. The number of hydrogen-bond acceptors (Lipinski definition) is 4. The molecule has 27 heavy (non-hydrogen) atoms. The minimum absolute atomic E-state index is 0.114. The number of morpholine rings is 1. The molecule has 1 fully saturated rings. The van der Waals surface area contributed by atoms with Gasteiger partial charge in [-0.25, -0.2) is 8.42 Å². The Morgan fingerprint density at radius 3 is 2.26 bits per heavy atom. The number of amides is 1. The van der Waals surface area contributed by atoms with Gasteiger partial charge in [-0.15, -0.1) is 0 Å². The molecule has 0 bridgehead atoms. The van der Waals surface area contributed by atoms with Gasteiger partial charge in [0.05, 0.1) is 18.1 Å². The molecule has 0 unspecified atom stereocenters. The lowest BCUT2D eigenvalue weighted by Gasteiger charge is -2.26. The van der Waals surface area contributed by atoms with E-state index in [1.807, 2.05) is 37.3 Å². The van der Waals surface area contributed by atoms with Gasteiger partial charge < -0.3 is 9.64 Å². The van der Waals surface area contributed by atoms with Crippen molar-refractivity contribution in [2.24, 2.45) is 0 Å². The van der Waals surface area contributed by atoms with E-state index in [4.69, 9.17) is 4.74 Å². The summed E-state index contributed by atoms with van der Waals surface area (Å²) < 4.78 is 32.0. The van der Waals surface area contributed by atoms with Crippen LogP contribution in [-0.2, 0) is 21.3 Å². The minimum atomic E-state index is -3.55. The van der Waals surface area contributed by atoms with Crippen LogP contribution in [0.3, 0.4) is 0 Å². The van der Waals surface area contributed by atoms with Crippen molar-refractivity contribution >= 4 is 15.9 Å². The SMILES string of the molecule is CCN(Cc1ccccc1)C(=O)c1ccc(S(=O)(=O)N2CCOCC2)cc1. The molecule has 2 aromatic rings. The van der Waals surface area contributed by atoms with Crippen molar-refractivity contribution in [3.63, 3.8) is 0 Å². The van der Waals surface area contributed by atoms with Gasteiger partial charge in [0.25, 0.3) is 5.91 Å². The summed E-state index contributed by atoms with van der Waals surface area (Å²) in [4.78, 5) is 14.7. The van der Waals surface area contributed by atoms with Crippen LogP contribution in [0.1, 0.15) is 22.8 Å². The summed E-state index contributed by atoms with van der Waals surface area (Å²) in [6.45, 7) is 4.53. The maximum Gasteiger partial charge on any atom is 0.254 e. The second-order valence-corrected chi connectivity index (χ2v) is 8.28. The number of ether oxygens (including phenoxy) is 1. The van der Waals surface area contributed by atoms with Crippen molar-refractivity contribution in [3.05, 3.63) is 65.7 Å². The van der Waals surface area contributed by atoms with Gasteiger partial charge >= 0.3 is 0 Å². The molecule has 3 rings (SSSR count). The molecule has 2 aromatic carbocycles. The van der Waals surface area contributed by atoms with Gasteiger partial charge in [0, 0.05) is 31.7 Å². The Bertz CT molecular complexity index is 861. The van der Waals surface area contributed by atoms with Crippen LogP contribution in [0.2, 0.25) is 0 Å². The van der Waals surface area contributed by atoms with Crippen molar-refractivity contribution < 1.29 is 17.9 Å². The van der Waals surface area contributed by atoms with Crippen LogP contribution in [0, 0.1) is 0 Å². The van der Waals surface area contributed by atoms with E-state index in [0.29, 0.717) is 45.0 Å². The monoisotopic (exact) mass is 388 g/mol. The zero-order valence-electron chi connectivity index (χ0n) is 15.4. The van der Waals surface area contributed by atoms with E-state index >= 15 is 0 Å². The predicted molar refractivity (Wildman–Crippen MR) is 103 cm³/mol. The van der Waals surface area contributed by atoms with Crippen molar-refractivity contribution in [1.29, 1.82) is 0 Å². The number of hydrogen-bond donors (Lipinski definition) is 0.